The number of carbonyl (C=O) groups excluding carboxylic acids is 1. The molecule has 0 spiro atoms. The molecule has 1 aliphatic heterocycles. The summed E-state index contributed by atoms with van der Waals surface area (Å²) < 4.78 is 0. The van der Waals surface area contributed by atoms with Crippen molar-refractivity contribution in [2.24, 2.45) is 10.7 Å². The molecular formula is C5H8N2O2S. The molecule has 4 nitrogen and oxygen atoms in total. The van der Waals surface area contributed by atoms with Gasteiger partial charge < -0.3 is 10.8 Å². The molecule has 3 N–H and O–H groups in total. The summed E-state index contributed by atoms with van der Waals surface area (Å²) in [4.78, 5) is 14.2. The minimum atomic E-state index is -1.31. The molecule has 0 radical (unpaired) electrons. The molecule has 0 aliphatic carbocycles. The molecule has 1 rings (SSSR count). The predicted molar refractivity (Wildman–Crippen MR) is 39.7 cm³/mol. The van der Waals surface area contributed by atoms with Crippen LogP contribution in [0.3, 0.4) is 0 Å². The van der Waals surface area contributed by atoms with Crippen LogP contribution in [0.5, 0.6) is 0 Å². The number of hydrogen-bond acceptors (Lipinski definition) is 4. The molecule has 10 heavy (non-hydrogen) atoms. The lowest BCUT2D eigenvalue weighted by atomic mass is 10.2. The van der Waals surface area contributed by atoms with Crippen molar-refractivity contribution in [2.45, 2.75) is 17.9 Å². The molecule has 1 heterocycles. The monoisotopic (exact) mass is 160 g/mol. The first kappa shape index (κ1) is 7.56. The van der Waals surface area contributed by atoms with Crippen molar-refractivity contribution >= 4 is 23.2 Å². The van der Waals surface area contributed by atoms with Crippen LogP contribution in [0.25, 0.3) is 0 Å². The van der Waals surface area contributed by atoms with Crippen LogP contribution in [0.2, 0.25) is 0 Å². The quantitative estimate of drug-likeness (QED) is 0.534. The summed E-state index contributed by atoms with van der Waals surface area (Å²) in [7, 11) is 0. The van der Waals surface area contributed by atoms with Gasteiger partial charge in [-0.05, 0) is 6.92 Å². The second-order valence-electron chi connectivity index (χ2n) is 2.25. The molecule has 0 aromatic rings. The maximum Gasteiger partial charge on any atom is 0.235 e. The summed E-state index contributed by atoms with van der Waals surface area (Å²) in [5.74, 6) is -0.535. The Hall–Kier alpha value is -0.550. The lowest BCUT2D eigenvalue weighted by Gasteiger charge is -2.18. The van der Waals surface area contributed by atoms with Crippen molar-refractivity contribution < 1.29 is 9.90 Å². The molecule has 0 aromatic carbocycles. The van der Waals surface area contributed by atoms with Gasteiger partial charge in [-0.1, -0.05) is 11.8 Å². The van der Waals surface area contributed by atoms with Gasteiger partial charge in [0.1, 0.15) is 5.25 Å². The van der Waals surface area contributed by atoms with Crippen LogP contribution in [0.1, 0.15) is 6.92 Å². The first-order valence-corrected chi connectivity index (χ1v) is 3.69. The lowest BCUT2D eigenvalue weighted by molar-refractivity contribution is -0.120. The number of hydrogen-bond donors (Lipinski definition) is 2. The third-order valence-electron chi connectivity index (χ3n) is 1.27. The summed E-state index contributed by atoms with van der Waals surface area (Å²) in [6.07, 6.45) is 0. The van der Waals surface area contributed by atoms with E-state index in [9.17, 15) is 9.90 Å². The van der Waals surface area contributed by atoms with Gasteiger partial charge in [0.25, 0.3) is 0 Å². The third-order valence-corrected chi connectivity index (χ3v) is 2.44. The van der Waals surface area contributed by atoms with Gasteiger partial charge in [0.2, 0.25) is 5.91 Å². The average Bonchev–Trinajstić information content (AvgIpc) is 2.08. The van der Waals surface area contributed by atoms with E-state index in [1.54, 1.807) is 0 Å². The van der Waals surface area contributed by atoms with Crippen molar-refractivity contribution in [3.63, 3.8) is 0 Å². The third kappa shape index (κ3) is 1.15. The van der Waals surface area contributed by atoms with E-state index in [4.69, 9.17) is 5.73 Å². The summed E-state index contributed by atoms with van der Waals surface area (Å²) in [6, 6.07) is 0. The van der Waals surface area contributed by atoms with Crippen molar-refractivity contribution in [3.8, 4) is 0 Å². The number of primary amides is 1. The van der Waals surface area contributed by atoms with E-state index in [0.717, 1.165) is 11.8 Å². The van der Waals surface area contributed by atoms with Gasteiger partial charge in [-0.2, -0.15) is 0 Å². The van der Waals surface area contributed by atoms with Gasteiger partial charge in [0.05, 0.1) is 5.55 Å². The molecule has 0 saturated carbocycles. The number of aliphatic imine (C=N–C) groups is 1. The largest absolute Gasteiger partial charge is 0.369 e. The number of carbonyl (C=O) groups is 1. The van der Waals surface area contributed by atoms with E-state index in [1.165, 1.54) is 12.5 Å². The Morgan fingerprint density at radius 3 is 2.80 bits per heavy atom. The van der Waals surface area contributed by atoms with E-state index in [-0.39, 0.29) is 0 Å². The minimum Gasteiger partial charge on any atom is -0.369 e. The molecule has 1 aliphatic rings. The molecule has 0 bridgehead atoms. The fourth-order valence-electron chi connectivity index (χ4n) is 0.731. The van der Waals surface area contributed by atoms with E-state index in [1.807, 2.05) is 0 Å². The molecular weight excluding hydrogens is 152 g/mol. The average molecular weight is 160 g/mol. The van der Waals surface area contributed by atoms with Crippen LogP contribution in [-0.2, 0) is 4.79 Å². The Bertz CT molecular complexity index is 190. The smallest absolute Gasteiger partial charge is 0.235 e. The van der Waals surface area contributed by atoms with Gasteiger partial charge in [-0.25, -0.2) is 0 Å². The van der Waals surface area contributed by atoms with Gasteiger partial charge in [0, 0.05) is 0 Å². The zero-order valence-corrected chi connectivity index (χ0v) is 6.26. The normalized spacial score (nSPS) is 38.4. The Morgan fingerprint density at radius 2 is 2.60 bits per heavy atom. The number of amides is 1. The van der Waals surface area contributed by atoms with E-state index < -0.39 is 16.9 Å². The topological polar surface area (TPSA) is 75.7 Å². The Labute approximate surface area is 62.5 Å². The van der Waals surface area contributed by atoms with Gasteiger partial charge in [0.15, 0.2) is 5.72 Å². The zero-order chi connectivity index (χ0) is 7.78. The number of rotatable bonds is 1. The van der Waals surface area contributed by atoms with Crippen molar-refractivity contribution in [1.29, 1.82) is 0 Å². The summed E-state index contributed by atoms with van der Waals surface area (Å²) >= 11 is 1.14. The first-order chi connectivity index (χ1) is 4.54. The van der Waals surface area contributed by atoms with Crippen LogP contribution in [-0.4, -0.2) is 27.5 Å². The van der Waals surface area contributed by atoms with Crippen LogP contribution in [0.4, 0.5) is 0 Å². The molecule has 56 valence electrons. The first-order valence-electron chi connectivity index (χ1n) is 2.75. The predicted octanol–water partition coefficient (Wildman–Crippen LogP) is -0.676. The maximum absolute atomic E-state index is 10.6. The van der Waals surface area contributed by atoms with Crippen LogP contribution >= 0.6 is 11.8 Å². The summed E-state index contributed by atoms with van der Waals surface area (Å²) in [5, 5.41) is 8.67. The maximum atomic E-state index is 10.6. The minimum absolute atomic E-state index is 0.535. The zero-order valence-electron chi connectivity index (χ0n) is 5.44. The highest BCUT2D eigenvalue weighted by Crippen LogP contribution is 2.28. The fraction of sp³-hybridized carbons (Fsp3) is 0.600. The molecule has 0 fully saturated rings. The van der Waals surface area contributed by atoms with E-state index in [2.05, 4.69) is 4.99 Å². The Balaban J connectivity index is 2.75. The molecule has 2 unspecified atom stereocenters. The number of aliphatic hydroxyl groups is 1. The fourth-order valence-corrected chi connectivity index (χ4v) is 1.58. The van der Waals surface area contributed by atoms with Gasteiger partial charge >= 0.3 is 0 Å². The Morgan fingerprint density at radius 1 is 2.00 bits per heavy atom. The number of thioether (sulfide) groups is 1. The number of nitrogens with zero attached hydrogens (tertiary/aromatic N) is 1. The van der Waals surface area contributed by atoms with Crippen molar-refractivity contribution in [1.82, 2.24) is 0 Å². The van der Waals surface area contributed by atoms with E-state index >= 15 is 0 Å². The highest BCUT2D eigenvalue weighted by Gasteiger charge is 2.39. The highest BCUT2D eigenvalue weighted by atomic mass is 32.2. The summed E-state index contributed by atoms with van der Waals surface area (Å²) in [5.41, 5.74) is 5.10. The van der Waals surface area contributed by atoms with Gasteiger partial charge in [-0.3, -0.25) is 9.79 Å². The van der Waals surface area contributed by atoms with Crippen LogP contribution in [0.15, 0.2) is 4.99 Å². The lowest BCUT2D eigenvalue weighted by Crippen LogP contribution is -2.41. The van der Waals surface area contributed by atoms with Crippen LogP contribution < -0.4 is 5.73 Å². The molecule has 2 atom stereocenters. The number of nitrogens with two attached hydrogens (primary N) is 1. The molecule has 0 aromatic heterocycles. The molecule has 0 saturated heterocycles. The summed E-state index contributed by atoms with van der Waals surface area (Å²) in [6.45, 7) is 1.46. The molecule has 5 heteroatoms. The van der Waals surface area contributed by atoms with Crippen molar-refractivity contribution in [3.05, 3.63) is 0 Å². The molecule has 1 amide bonds. The van der Waals surface area contributed by atoms with Crippen molar-refractivity contribution in [2.75, 3.05) is 0 Å². The highest BCUT2D eigenvalue weighted by molar-refractivity contribution is 8.13. The standard InChI is InChI=1S/C5H8N2O2S/c1-5(9)3(4(6)8)10-2-7-5/h2-3,9H,1H3,(H2,6,8). The van der Waals surface area contributed by atoms with Gasteiger partial charge in [-0.15, -0.1) is 0 Å². The second kappa shape index (κ2) is 2.25. The second-order valence-corrected chi connectivity index (χ2v) is 3.20. The van der Waals surface area contributed by atoms with E-state index in [0.29, 0.717) is 0 Å². The van der Waals surface area contributed by atoms with Crippen LogP contribution in [0, 0.1) is 0 Å². The Kier molecular flexibility index (Phi) is 1.70. The SMILES string of the molecule is CC1(O)N=CSC1C(N)=O.